The summed E-state index contributed by atoms with van der Waals surface area (Å²) in [4.78, 5) is 0. The molecule has 0 aromatic heterocycles. The summed E-state index contributed by atoms with van der Waals surface area (Å²) in [6.45, 7) is 4.46. The molecule has 0 spiro atoms. The molecule has 2 heterocycles. The zero-order valence-corrected chi connectivity index (χ0v) is 14.3. The van der Waals surface area contributed by atoms with Gasteiger partial charge in [0.1, 0.15) is 24.6 Å². The maximum atomic E-state index is 9.75. The van der Waals surface area contributed by atoms with Crippen LogP contribution < -0.4 is 9.93 Å². The fraction of sp³-hybridized carbons (Fsp3) is 0.211. The van der Waals surface area contributed by atoms with E-state index in [1.807, 2.05) is 18.2 Å². The van der Waals surface area contributed by atoms with Crippen molar-refractivity contribution in [3.05, 3.63) is 65.5 Å². The first kappa shape index (κ1) is 18.2. The summed E-state index contributed by atoms with van der Waals surface area (Å²) < 4.78 is 47.5. The first-order chi connectivity index (χ1) is 12.3. The number of nitrogens with zero attached hydrogens (tertiary/aromatic N) is 1. The summed E-state index contributed by atoms with van der Waals surface area (Å²) in [5.41, 5.74) is 3.57. The zero-order chi connectivity index (χ0) is 18.7. The van der Waals surface area contributed by atoms with E-state index in [1.54, 1.807) is 0 Å². The van der Waals surface area contributed by atoms with Crippen molar-refractivity contribution in [1.29, 1.82) is 0 Å². The molecule has 1 aliphatic carbocycles. The lowest BCUT2D eigenvalue weighted by Gasteiger charge is -2.13. The zero-order valence-electron chi connectivity index (χ0n) is 14.3. The fourth-order valence-corrected chi connectivity index (χ4v) is 2.86. The minimum absolute atomic E-state index is 0.932. The highest BCUT2D eigenvalue weighted by Crippen LogP contribution is 2.30. The lowest BCUT2D eigenvalue weighted by molar-refractivity contribution is 0.368. The van der Waals surface area contributed by atoms with Crippen molar-refractivity contribution in [2.24, 2.45) is 0 Å². The molecule has 7 heteroatoms. The summed E-state index contributed by atoms with van der Waals surface area (Å²) in [6, 6.07) is 19.0. The Bertz CT molecular complexity index is 922. The monoisotopic (exact) mass is 363 g/mol. The Labute approximate surface area is 148 Å². The molecular formula is C19H18BF4NO. The second-order valence-electron chi connectivity index (χ2n) is 6.18. The van der Waals surface area contributed by atoms with Gasteiger partial charge in [0.15, 0.2) is 0 Å². The normalized spacial score (nSPS) is 13.8. The van der Waals surface area contributed by atoms with Gasteiger partial charge in [0, 0.05) is 17.2 Å². The van der Waals surface area contributed by atoms with Crippen LogP contribution in [-0.4, -0.2) is 20.3 Å². The molecule has 0 bridgehead atoms. The summed E-state index contributed by atoms with van der Waals surface area (Å²) in [6.07, 6.45) is 1.29. The molecule has 1 aromatic carbocycles. The summed E-state index contributed by atoms with van der Waals surface area (Å²) >= 11 is 0. The van der Waals surface area contributed by atoms with E-state index in [-0.39, 0.29) is 0 Å². The van der Waals surface area contributed by atoms with Crippen molar-refractivity contribution in [3.8, 4) is 22.6 Å². The summed E-state index contributed by atoms with van der Waals surface area (Å²) in [5, 5.41) is 1.27. The van der Waals surface area contributed by atoms with Crippen LogP contribution in [0.2, 0.25) is 0 Å². The van der Waals surface area contributed by atoms with E-state index >= 15 is 0 Å². The van der Waals surface area contributed by atoms with Crippen LogP contribution in [0.1, 0.15) is 12.0 Å². The van der Waals surface area contributed by atoms with Gasteiger partial charge in [-0.05, 0) is 24.6 Å². The van der Waals surface area contributed by atoms with Crippen molar-refractivity contribution in [2.75, 3.05) is 13.1 Å². The Kier molecular flexibility index (Phi) is 5.16. The molecule has 0 amide bonds. The molecule has 3 aliphatic rings. The van der Waals surface area contributed by atoms with Crippen molar-refractivity contribution >= 4 is 7.25 Å². The molecule has 136 valence electrons. The Balaban J connectivity index is 0.000000349. The molecule has 0 atom stereocenters. The third-order valence-corrected chi connectivity index (χ3v) is 4.24. The first-order valence-electron chi connectivity index (χ1n) is 8.36. The third kappa shape index (κ3) is 4.53. The quantitative estimate of drug-likeness (QED) is 0.344. The van der Waals surface area contributed by atoms with Crippen molar-refractivity contribution in [2.45, 2.75) is 13.3 Å². The second kappa shape index (κ2) is 7.36. The van der Waals surface area contributed by atoms with E-state index in [1.165, 1.54) is 22.9 Å². The largest absolute Gasteiger partial charge is 0.673 e. The topological polar surface area (TPSA) is 16.1 Å². The Morgan fingerprint density at radius 2 is 1.54 bits per heavy atom. The Morgan fingerprint density at radius 1 is 0.885 bits per heavy atom. The van der Waals surface area contributed by atoms with Gasteiger partial charge in [-0.15, -0.1) is 0 Å². The molecule has 26 heavy (non-hydrogen) atoms. The molecule has 0 saturated carbocycles. The predicted octanol–water partition coefficient (Wildman–Crippen LogP) is 4.84. The van der Waals surface area contributed by atoms with E-state index in [9.17, 15) is 17.3 Å². The molecule has 1 fully saturated rings. The van der Waals surface area contributed by atoms with Crippen molar-refractivity contribution in [1.82, 2.24) is 4.58 Å². The van der Waals surface area contributed by atoms with E-state index in [4.69, 9.17) is 4.42 Å². The van der Waals surface area contributed by atoms with Crippen LogP contribution in [0.3, 0.4) is 0 Å². The molecule has 0 unspecified atom stereocenters. The lowest BCUT2D eigenvalue weighted by atomic mass is 10.0. The van der Waals surface area contributed by atoms with Crippen molar-refractivity contribution in [3.63, 3.8) is 0 Å². The molecule has 1 saturated heterocycles. The number of fused-ring (bicyclic) bond motifs is 1. The second-order valence-corrected chi connectivity index (χ2v) is 6.18. The van der Waals surface area contributed by atoms with Gasteiger partial charge in [-0.1, -0.05) is 30.3 Å². The highest BCUT2D eigenvalue weighted by molar-refractivity contribution is 6.50. The van der Waals surface area contributed by atoms with E-state index in [0.29, 0.717) is 0 Å². The van der Waals surface area contributed by atoms with Gasteiger partial charge >= 0.3 is 7.25 Å². The van der Waals surface area contributed by atoms with Gasteiger partial charge < -0.3 is 21.7 Å². The molecule has 2 nitrogen and oxygen atoms in total. The summed E-state index contributed by atoms with van der Waals surface area (Å²) in [5.74, 6) is 1.90. The summed E-state index contributed by atoms with van der Waals surface area (Å²) in [7, 11) is -6.00. The Morgan fingerprint density at radius 3 is 2.12 bits per heavy atom. The van der Waals surface area contributed by atoms with Gasteiger partial charge in [-0.25, -0.2) is 4.58 Å². The third-order valence-electron chi connectivity index (χ3n) is 4.24. The molecule has 0 radical (unpaired) electrons. The highest BCUT2D eigenvalue weighted by Gasteiger charge is 2.20. The van der Waals surface area contributed by atoms with Crippen LogP contribution in [0.4, 0.5) is 17.3 Å². The maximum absolute atomic E-state index is 9.75. The van der Waals surface area contributed by atoms with E-state index in [2.05, 4.69) is 47.9 Å². The van der Waals surface area contributed by atoms with Crippen LogP contribution in [0, 0.1) is 6.92 Å². The SMILES string of the molecule is Cc1cc(-c2ccccc2)oc2cc(=[N+]3CCC3)ccc1-2.F[B-](F)(F)F. The van der Waals surface area contributed by atoms with Crippen LogP contribution in [0.5, 0.6) is 0 Å². The fourth-order valence-electron chi connectivity index (χ4n) is 2.86. The van der Waals surface area contributed by atoms with E-state index in [0.717, 1.165) is 30.2 Å². The molecule has 2 aliphatic heterocycles. The Hall–Kier alpha value is -2.57. The average molecular weight is 363 g/mol. The smallest absolute Gasteiger partial charge is 0.456 e. The van der Waals surface area contributed by atoms with Crippen molar-refractivity contribution < 1.29 is 21.7 Å². The van der Waals surface area contributed by atoms with Crippen LogP contribution in [-0.2, 0) is 0 Å². The maximum Gasteiger partial charge on any atom is 0.673 e. The number of hydrogen-bond acceptors (Lipinski definition) is 1. The minimum Gasteiger partial charge on any atom is -0.456 e. The molecule has 4 rings (SSSR count). The standard InChI is InChI=1S/C19H18NO.BF4/c1-14-12-18(15-6-3-2-4-7-15)21-19-13-16(8-9-17(14)19)20-10-5-11-20;2-1(3,4)5/h2-4,6-9,12-13H,5,10-11H2,1H3;/q+1;-1. The van der Waals surface area contributed by atoms with Gasteiger partial charge in [0.05, 0.1) is 12.5 Å². The van der Waals surface area contributed by atoms with Crippen LogP contribution >= 0.6 is 0 Å². The number of rotatable bonds is 1. The molecule has 1 aromatic rings. The highest BCUT2D eigenvalue weighted by atomic mass is 19.5. The van der Waals surface area contributed by atoms with Crippen LogP contribution in [0.25, 0.3) is 22.6 Å². The first-order valence-corrected chi connectivity index (χ1v) is 8.36. The average Bonchev–Trinajstić information content (AvgIpc) is 2.52. The molecular weight excluding hydrogens is 345 g/mol. The number of benzene rings is 2. The van der Waals surface area contributed by atoms with Crippen LogP contribution in [0.15, 0.2) is 59.0 Å². The molecule has 0 N–H and O–H groups in total. The van der Waals surface area contributed by atoms with E-state index < -0.39 is 7.25 Å². The van der Waals surface area contributed by atoms with Gasteiger partial charge in [0.25, 0.3) is 0 Å². The van der Waals surface area contributed by atoms with Gasteiger partial charge in [0.2, 0.25) is 5.36 Å². The number of halogens is 4. The van der Waals surface area contributed by atoms with Gasteiger partial charge in [-0.3, -0.25) is 0 Å². The number of hydrogen-bond donors (Lipinski definition) is 0. The van der Waals surface area contributed by atoms with Gasteiger partial charge in [-0.2, -0.15) is 0 Å². The minimum atomic E-state index is -6.00. The lowest BCUT2D eigenvalue weighted by Crippen LogP contribution is -2.40. The number of aryl methyl sites for hydroxylation is 1. The predicted molar refractivity (Wildman–Crippen MR) is 95.3 cm³/mol.